The van der Waals surface area contributed by atoms with Crippen molar-refractivity contribution in [3.05, 3.63) is 71.3 Å². The number of nitrogens with two attached hydrogens (primary N) is 1. The summed E-state index contributed by atoms with van der Waals surface area (Å²) in [5.74, 6) is -0.346. The molecule has 0 bridgehead atoms. The summed E-state index contributed by atoms with van der Waals surface area (Å²) in [6, 6.07) is 16.4. The lowest BCUT2D eigenvalue weighted by Crippen LogP contribution is -2.11. The quantitative estimate of drug-likeness (QED) is 0.831. The van der Waals surface area contributed by atoms with Gasteiger partial charge in [-0.25, -0.2) is 0 Å². The van der Waals surface area contributed by atoms with Crippen molar-refractivity contribution in [2.75, 3.05) is 0 Å². The number of benzene rings is 2. The fourth-order valence-corrected chi connectivity index (χ4v) is 1.89. The van der Waals surface area contributed by atoms with Crippen LogP contribution in [0.3, 0.4) is 0 Å². The van der Waals surface area contributed by atoms with E-state index < -0.39 is 0 Å². The van der Waals surface area contributed by atoms with Crippen LogP contribution in [0.5, 0.6) is 0 Å². The average Bonchev–Trinajstić information content (AvgIpc) is 2.45. The number of carbonyl (C=O) groups excluding carboxylic acids is 2. The highest BCUT2D eigenvalue weighted by Gasteiger charge is 2.09. The SMILES string of the molecule is NC(=O)CCc1cccc(C(=O)c2ccccc2)c1. The molecule has 0 heterocycles. The Bertz CT molecular complexity index is 591. The van der Waals surface area contributed by atoms with Crippen molar-refractivity contribution in [1.82, 2.24) is 0 Å². The zero-order chi connectivity index (χ0) is 13.7. The number of aryl methyl sites for hydroxylation is 1. The molecule has 2 rings (SSSR count). The number of primary amides is 1. The van der Waals surface area contributed by atoms with Crippen LogP contribution in [0.2, 0.25) is 0 Å². The summed E-state index contributed by atoms with van der Waals surface area (Å²) in [5, 5.41) is 0. The highest BCUT2D eigenvalue weighted by atomic mass is 16.1. The maximum Gasteiger partial charge on any atom is 0.217 e. The van der Waals surface area contributed by atoms with Crippen molar-refractivity contribution < 1.29 is 9.59 Å². The number of hydrogen-bond donors (Lipinski definition) is 1. The molecule has 3 heteroatoms. The summed E-state index contributed by atoms with van der Waals surface area (Å²) >= 11 is 0. The van der Waals surface area contributed by atoms with Crippen molar-refractivity contribution in [3.63, 3.8) is 0 Å². The predicted octanol–water partition coefficient (Wildman–Crippen LogP) is 2.34. The summed E-state index contributed by atoms with van der Waals surface area (Å²) in [4.78, 5) is 23.0. The molecule has 0 spiro atoms. The first-order valence-corrected chi connectivity index (χ1v) is 6.14. The zero-order valence-electron chi connectivity index (χ0n) is 10.5. The van der Waals surface area contributed by atoms with Gasteiger partial charge in [-0.3, -0.25) is 9.59 Å². The minimum Gasteiger partial charge on any atom is -0.370 e. The molecule has 0 aliphatic rings. The Hall–Kier alpha value is -2.42. The molecular weight excluding hydrogens is 238 g/mol. The van der Waals surface area contributed by atoms with E-state index in [0.717, 1.165) is 5.56 Å². The van der Waals surface area contributed by atoms with Crippen molar-refractivity contribution in [3.8, 4) is 0 Å². The van der Waals surface area contributed by atoms with Gasteiger partial charge in [-0.1, -0.05) is 48.5 Å². The Morgan fingerprint density at radius 2 is 1.58 bits per heavy atom. The van der Waals surface area contributed by atoms with Crippen LogP contribution in [-0.4, -0.2) is 11.7 Å². The molecule has 2 aromatic carbocycles. The van der Waals surface area contributed by atoms with Crippen molar-refractivity contribution in [1.29, 1.82) is 0 Å². The monoisotopic (exact) mass is 253 g/mol. The van der Waals surface area contributed by atoms with Gasteiger partial charge < -0.3 is 5.73 Å². The summed E-state index contributed by atoms with van der Waals surface area (Å²) in [6.45, 7) is 0. The van der Waals surface area contributed by atoms with Gasteiger partial charge in [0, 0.05) is 17.5 Å². The fraction of sp³-hybridized carbons (Fsp3) is 0.125. The minimum atomic E-state index is -0.334. The molecule has 19 heavy (non-hydrogen) atoms. The topological polar surface area (TPSA) is 60.2 Å². The summed E-state index contributed by atoms with van der Waals surface area (Å²) < 4.78 is 0. The maximum absolute atomic E-state index is 12.2. The molecule has 1 amide bonds. The van der Waals surface area contributed by atoms with E-state index in [0.29, 0.717) is 24.0 Å². The summed E-state index contributed by atoms with van der Waals surface area (Å²) in [5.41, 5.74) is 7.36. The van der Waals surface area contributed by atoms with Gasteiger partial charge in [-0.2, -0.15) is 0 Å². The van der Waals surface area contributed by atoms with Gasteiger partial charge in [0.15, 0.2) is 5.78 Å². The van der Waals surface area contributed by atoms with E-state index in [1.54, 1.807) is 18.2 Å². The Balaban J connectivity index is 2.19. The van der Waals surface area contributed by atoms with Gasteiger partial charge >= 0.3 is 0 Å². The molecule has 0 aromatic heterocycles. The first-order valence-electron chi connectivity index (χ1n) is 6.14. The fourth-order valence-electron chi connectivity index (χ4n) is 1.89. The molecule has 0 saturated carbocycles. The summed E-state index contributed by atoms with van der Waals surface area (Å²) in [7, 11) is 0. The number of amides is 1. The molecular formula is C16H15NO2. The highest BCUT2D eigenvalue weighted by Crippen LogP contribution is 2.12. The van der Waals surface area contributed by atoms with E-state index in [2.05, 4.69) is 0 Å². The van der Waals surface area contributed by atoms with Gasteiger partial charge in [-0.15, -0.1) is 0 Å². The number of ketones is 1. The van der Waals surface area contributed by atoms with Crippen LogP contribution < -0.4 is 5.73 Å². The first-order chi connectivity index (χ1) is 9.16. The van der Waals surface area contributed by atoms with Crippen molar-refractivity contribution in [2.24, 2.45) is 5.73 Å². The Kier molecular flexibility index (Phi) is 4.08. The van der Waals surface area contributed by atoms with Crippen LogP contribution in [0, 0.1) is 0 Å². The van der Waals surface area contributed by atoms with Crippen LogP contribution in [0.4, 0.5) is 0 Å². The van der Waals surface area contributed by atoms with Gasteiger partial charge in [0.05, 0.1) is 0 Å². The zero-order valence-corrected chi connectivity index (χ0v) is 10.5. The van der Waals surface area contributed by atoms with E-state index >= 15 is 0 Å². The van der Waals surface area contributed by atoms with E-state index in [9.17, 15) is 9.59 Å². The number of carbonyl (C=O) groups is 2. The van der Waals surface area contributed by atoms with Gasteiger partial charge in [0.25, 0.3) is 0 Å². The number of rotatable bonds is 5. The standard InChI is InChI=1S/C16H15NO2/c17-15(18)10-9-12-5-4-8-14(11-12)16(19)13-6-2-1-3-7-13/h1-8,11H,9-10H2,(H2,17,18). The first kappa shape index (κ1) is 13.0. The van der Waals surface area contributed by atoms with Crippen molar-refractivity contribution in [2.45, 2.75) is 12.8 Å². The molecule has 96 valence electrons. The lowest BCUT2D eigenvalue weighted by molar-refractivity contribution is -0.117. The molecule has 2 N–H and O–H groups in total. The van der Waals surface area contributed by atoms with Crippen LogP contribution in [0.1, 0.15) is 27.9 Å². The van der Waals surface area contributed by atoms with Gasteiger partial charge in [0.2, 0.25) is 5.91 Å². The Morgan fingerprint density at radius 3 is 2.26 bits per heavy atom. The molecule has 2 aromatic rings. The molecule has 0 saturated heterocycles. The minimum absolute atomic E-state index is 0.0125. The van der Waals surface area contributed by atoms with Gasteiger partial charge in [-0.05, 0) is 18.1 Å². The van der Waals surface area contributed by atoms with Crippen LogP contribution in [0.15, 0.2) is 54.6 Å². The molecule has 0 radical (unpaired) electrons. The molecule has 0 aliphatic carbocycles. The van der Waals surface area contributed by atoms with E-state index in [4.69, 9.17) is 5.73 Å². The second kappa shape index (κ2) is 5.96. The molecule has 0 aliphatic heterocycles. The predicted molar refractivity (Wildman–Crippen MR) is 73.8 cm³/mol. The van der Waals surface area contributed by atoms with E-state index in [1.165, 1.54) is 0 Å². The van der Waals surface area contributed by atoms with Crippen molar-refractivity contribution >= 4 is 11.7 Å². The van der Waals surface area contributed by atoms with Crippen LogP contribution in [-0.2, 0) is 11.2 Å². The van der Waals surface area contributed by atoms with Crippen LogP contribution in [0.25, 0.3) is 0 Å². The third-order valence-electron chi connectivity index (χ3n) is 2.89. The third-order valence-corrected chi connectivity index (χ3v) is 2.89. The molecule has 0 unspecified atom stereocenters. The van der Waals surface area contributed by atoms with Crippen LogP contribution >= 0.6 is 0 Å². The number of hydrogen-bond acceptors (Lipinski definition) is 2. The molecule has 0 fully saturated rings. The molecule has 0 atom stereocenters. The van der Waals surface area contributed by atoms with E-state index in [1.807, 2.05) is 36.4 Å². The lowest BCUT2D eigenvalue weighted by Gasteiger charge is -2.04. The maximum atomic E-state index is 12.2. The normalized spacial score (nSPS) is 10.1. The highest BCUT2D eigenvalue weighted by molar-refractivity contribution is 6.09. The third kappa shape index (κ3) is 3.52. The second-order valence-electron chi connectivity index (χ2n) is 4.36. The average molecular weight is 253 g/mol. The van der Waals surface area contributed by atoms with Gasteiger partial charge in [0.1, 0.15) is 0 Å². The largest absolute Gasteiger partial charge is 0.370 e. The summed E-state index contributed by atoms with van der Waals surface area (Å²) in [6.07, 6.45) is 0.855. The lowest BCUT2D eigenvalue weighted by atomic mass is 10.00. The molecule has 3 nitrogen and oxygen atoms in total. The Morgan fingerprint density at radius 1 is 0.895 bits per heavy atom. The Labute approximate surface area is 112 Å². The second-order valence-corrected chi connectivity index (χ2v) is 4.36. The smallest absolute Gasteiger partial charge is 0.217 e. The van der Waals surface area contributed by atoms with E-state index in [-0.39, 0.29) is 11.7 Å².